The zero-order valence-electron chi connectivity index (χ0n) is 8.01. The van der Waals surface area contributed by atoms with Crippen LogP contribution in [-0.4, -0.2) is 11.2 Å². The highest BCUT2D eigenvalue weighted by molar-refractivity contribution is 5.31. The number of hydrogen-bond acceptors (Lipinski definition) is 1. The lowest BCUT2D eigenvalue weighted by atomic mass is 9.87. The highest BCUT2D eigenvalue weighted by Gasteiger charge is 2.16. The maximum atomic E-state index is 9.43. The van der Waals surface area contributed by atoms with Gasteiger partial charge in [0.05, 0.1) is 6.10 Å². The predicted molar refractivity (Wildman–Crippen MR) is 51.9 cm³/mol. The van der Waals surface area contributed by atoms with Crippen molar-refractivity contribution in [3.05, 3.63) is 23.8 Å². The monoisotopic (exact) mass is 166 g/mol. The summed E-state index contributed by atoms with van der Waals surface area (Å²) < 4.78 is 0. The third kappa shape index (κ3) is 2.49. The highest BCUT2D eigenvalue weighted by atomic mass is 16.3. The SMILES string of the molecule is C=C1CCC(O)C/C1=C/C(C)C. The van der Waals surface area contributed by atoms with Crippen molar-refractivity contribution in [3.8, 4) is 0 Å². The first-order valence-electron chi connectivity index (χ1n) is 4.66. The molecule has 0 spiro atoms. The molecule has 1 saturated carbocycles. The molecule has 1 aliphatic rings. The van der Waals surface area contributed by atoms with Crippen molar-refractivity contribution < 1.29 is 5.11 Å². The van der Waals surface area contributed by atoms with Crippen molar-refractivity contribution in [2.45, 2.75) is 39.2 Å². The molecule has 0 saturated heterocycles. The summed E-state index contributed by atoms with van der Waals surface area (Å²) in [4.78, 5) is 0. The molecule has 1 unspecified atom stereocenters. The second-order valence-corrected chi connectivity index (χ2v) is 3.94. The van der Waals surface area contributed by atoms with Gasteiger partial charge in [-0.1, -0.05) is 32.1 Å². The van der Waals surface area contributed by atoms with Crippen molar-refractivity contribution in [3.63, 3.8) is 0 Å². The van der Waals surface area contributed by atoms with E-state index in [2.05, 4.69) is 26.5 Å². The third-order valence-electron chi connectivity index (χ3n) is 2.22. The molecule has 0 bridgehead atoms. The average Bonchev–Trinajstić information content (AvgIpc) is 1.96. The lowest BCUT2D eigenvalue weighted by Crippen LogP contribution is -2.15. The van der Waals surface area contributed by atoms with Gasteiger partial charge >= 0.3 is 0 Å². The average molecular weight is 166 g/mol. The van der Waals surface area contributed by atoms with E-state index in [0.717, 1.165) is 19.3 Å². The summed E-state index contributed by atoms with van der Waals surface area (Å²) in [6, 6.07) is 0. The Labute approximate surface area is 74.8 Å². The minimum Gasteiger partial charge on any atom is -0.393 e. The smallest absolute Gasteiger partial charge is 0.0583 e. The molecule has 0 heterocycles. The molecule has 0 amide bonds. The van der Waals surface area contributed by atoms with E-state index in [0.29, 0.717) is 5.92 Å². The Hall–Kier alpha value is -0.560. The quantitative estimate of drug-likeness (QED) is 0.635. The first-order valence-corrected chi connectivity index (χ1v) is 4.66. The summed E-state index contributed by atoms with van der Waals surface area (Å²) in [6.07, 6.45) is 4.72. The Bertz CT molecular complexity index is 201. The molecule has 0 radical (unpaired) electrons. The van der Waals surface area contributed by atoms with Gasteiger partial charge in [-0.05, 0) is 30.8 Å². The van der Waals surface area contributed by atoms with Gasteiger partial charge in [-0.25, -0.2) is 0 Å². The number of aliphatic hydroxyl groups excluding tert-OH is 1. The van der Waals surface area contributed by atoms with Gasteiger partial charge in [0.15, 0.2) is 0 Å². The van der Waals surface area contributed by atoms with Crippen LogP contribution in [0.4, 0.5) is 0 Å². The van der Waals surface area contributed by atoms with E-state index < -0.39 is 0 Å². The summed E-state index contributed by atoms with van der Waals surface area (Å²) in [5.41, 5.74) is 2.48. The fourth-order valence-electron chi connectivity index (χ4n) is 1.59. The molecule has 1 aliphatic carbocycles. The van der Waals surface area contributed by atoms with E-state index in [4.69, 9.17) is 0 Å². The third-order valence-corrected chi connectivity index (χ3v) is 2.22. The molecular weight excluding hydrogens is 148 g/mol. The van der Waals surface area contributed by atoms with Crippen LogP contribution in [0, 0.1) is 5.92 Å². The molecule has 0 aromatic carbocycles. The lowest BCUT2D eigenvalue weighted by Gasteiger charge is -2.22. The summed E-state index contributed by atoms with van der Waals surface area (Å²) in [6.45, 7) is 8.31. The van der Waals surface area contributed by atoms with E-state index in [-0.39, 0.29) is 6.10 Å². The van der Waals surface area contributed by atoms with Crippen LogP contribution in [0.5, 0.6) is 0 Å². The molecule has 1 fully saturated rings. The molecule has 1 N–H and O–H groups in total. The molecule has 0 aromatic rings. The van der Waals surface area contributed by atoms with Gasteiger partial charge < -0.3 is 5.11 Å². The van der Waals surface area contributed by atoms with Crippen LogP contribution in [0.2, 0.25) is 0 Å². The molecule has 0 aromatic heterocycles. The number of aliphatic hydroxyl groups is 1. The van der Waals surface area contributed by atoms with Crippen LogP contribution in [0.1, 0.15) is 33.1 Å². The van der Waals surface area contributed by atoms with Crippen molar-refractivity contribution in [1.29, 1.82) is 0 Å². The predicted octanol–water partition coefficient (Wildman–Crippen LogP) is 2.67. The van der Waals surface area contributed by atoms with Gasteiger partial charge in [0.2, 0.25) is 0 Å². The maximum absolute atomic E-state index is 9.43. The standard InChI is InChI=1S/C11H18O/c1-8(2)6-10-7-11(12)5-4-9(10)3/h6,8,11-12H,3-5,7H2,1-2H3/b10-6-. The van der Waals surface area contributed by atoms with Gasteiger partial charge in [-0.3, -0.25) is 0 Å². The first-order chi connectivity index (χ1) is 5.59. The summed E-state index contributed by atoms with van der Waals surface area (Å²) in [5.74, 6) is 0.557. The van der Waals surface area contributed by atoms with Crippen molar-refractivity contribution in [2.75, 3.05) is 0 Å². The summed E-state index contributed by atoms with van der Waals surface area (Å²) in [5, 5.41) is 9.43. The van der Waals surface area contributed by atoms with Crippen LogP contribution in [0.25, 0.3) is 0 Å². The molecule has 1 atom stereocenters. The highest BCUT2D eigenvalue weighted by Crippen LogP contribution is 2.28. The van der Waals surface area contributed by atoms with Crippen molar-refractivity contribution in [2.24, 2.45) is 5.92 Å². The van der Waals surface area contributed by atoms with Crippen molar-refractivity contribution >= 4 is 0 Å². The zero-order chi connectivity index (χ0) is 9.14. The number of hydrogen-bond donors (Lipinski definition) is 1. The second-order valence-electron chi connectivity index (χ2n) is 3.94. The number of allylic oxidation sites excluding steroid dienone is 2. The van der Waals surface area contributed by atoms with E-state index in [1.807, 2.05) is 0 Å². The van der Waals surface area contributed by atoms with Gasteiger partial charge in [0.25, 0.3) is 0 Å². The largest absolute Gasteiger partial charge is 0.393 e. The Morgan fingerprint density at radius 1 is 1.58 bits per heavy atom. The minimum absolute atomic E-state index is 0.138. The Balaban J connectivity index is 2.67. The topological polar surface area (TPSA) is 20.2 Å². The molecular formula is C11H18O. The summed E-state index contributed by atoms with van der Waals surface area (Å²) in [7, 11) is 0. The van der Waals surface area contributed by atoms with E-state index in [1.54, 1.807) is 0 Å². The fraction of sp³-hybridized carbons (Fsp3) is 0.636. The minimum atomic E-state index is -0.138. The zero-order valence-corrected chi connectivity index (χ0v) is 8.01. The Kier molecular flexibility index (Phi) is 3.10. The van der Waals surface area contributed by atoms with Crippen LogP contribution < -0.4 is 0 Å². The first kappa shape index (κ1) is 9.53. The molecule has 12 heavy (non-hydrogen) atoms. The summed E-state index contributed by atoms with van der Waals surface area (Å²) >= 11 is 0. The molecule has 68 valence electrons. The van der Waals surface area contributed by atoms with Crippen LogP contribution in [-0.2, 0) is 0 Å². The molecule has 0 aliphatic heterocycles. The van der Waals surface area contributed by atoms with Gasteiger partial charge in [0.1, 0.15) is 0 Å². The van der Waals surface area contributed by atoms with Gasteiger partial charge in [-0.15, -0.1) is 0 Å². The van der Waals surface area contributed by atoms with Crippen LogP contribution >= 0.6 is 0 Å². The van der Waals surface area contributed by atoms with E-state index in [9.17, 15) is 5.11 Å². The fourth-order valence-corrected chi connectivity index (χ4v) is 1.59. The van der Waals surface area contributed by atoms with E-state index in [1.165, 1.54) is 11.1 Å². The van der Waals surface area contributed by atoms with Crippen LogP contribution in [0.3, 0.4) is 0 Å². The van der Waals surface area contributed by atoms with Gasteiger partial charge in [0, 0.05) is 0 Å². The molecule has 1 heteroatoms. The number of rotatable bonds is 1. The Morgan fingerprint density at radius 3 is 2.83 bits per heavy atom. The molecule has 1 rings (SSSR count). The lowest BCUT2D eigenvalue weighted by molar-refractivity contribution is 0.158. The molecule has 1 nitrogen and oxygen atoms in total. The maximum Gasteiger partial charge on any atom is 0.0583 e. The van der Waals surface area contributed by atoms with Crippen LogP contribution in [0.15, 0.2) is 23.8 Å². The van der Waals surface area contributed by atoms with Gasteiger partial charge in [-0.2, -0.15) is 0 Å². The van der Waals surface area contributed by atoms with Crippen molar-refractivity contribution in [1.82, 2.24) is 0 Å². The van der Waals surface area contributed by atoms with E-state index >= 15 is 0 Å². The second kappa shape index (κ2) is 3.90. The Morgan fingerprint density at radius 2 is 2.25 bits per heavy atom. The normalized spacial score (nSPS) is 28.5.